The van der Waals surface area contributed by atoms with Crippen LogP contribution in [0.2, 0.25) is 0 Å². The Bertz CT molecular complexity index is 1330. The molecule has 5 atom stereocenters. The highest BCUT2D eigenvalue weighted by Gasteiger charge is 2.37. The number of rotatable bonds is 20. The molecule has 50 heavy (non-hydrogen) atoms. The molecule has 0 unspecified atom stereocenters. The van der Waals surface area contributed by atoms with E-state index in [9.17, 15) is 9.59 Å². The Morgan fingerprint density at radius 1 is 1.02 bits per heavy atom. The number of nitrogens with two attached hydrogens (primary N) is 1. The summed E-state index contributed by atoms with van der Waals surface area (Å²) in [7, 11) is 3.43. The summed E-state index contributed by atoms with van der Waals surface area (Å²) in [5.41, 5.74) is 9.81. The van der Waals surface area contributed by atoms with E-state index in [1.54, 1.807) is 14.2 Å². The molecule has 4 rings (SSSR count). The Hall–Kier alpha value is -3.26. The number of anilines is 1. The van der Waals surface area contributed by atoms with Crippen LogP contribution in [0.3, 0.4) is 0 Å². The van der Waals surface area contributed by atoms with E-state index in [0.717, 1.165) is 47.6 Å². The Balaban J connectivity index is 1.49. The fraction of sp³-hybridized carbons (Fsp3) is 0.632. The number of piperidine rings is 1. The van der Waals surface area contributed by atoms with Crippen molar-refractivity contribution in [2.45, 2.75) is 58.5 Å². The molecule has 0 aliphatic carbocycles. The largest absolute Gasteiger partial charge is 0.490 e. The van der Waals surface area contributed by atoms with Gasteiger partial charge in [0, 0.05) is 58.2 Å². The molecule has 2 aliphatic heterocycles. The summed E-state index contributed by atoms with van der Waals surface area (Å²) >= 11 is 0. The van der Waals surface area contributed by atoms with Gasteiger partial charge < -0.3 is 49.7 Å². The van der Waals surface area contributed by atoms with Crippen molar-refractivity contribution >= 4 is 17.6 Å². The molecule has 1 fully saturated rings. The summed E-state index contributed by atoms with van der Waals surface area (Å²) in [6, 6.07) is 13.9. The van der Waals surface area contributed by atoms with Gasteiger partial charge >= 0.3 is 5.97 Å². The van der Waals surface area contributed by atoms with Crippen molar-refractivity contribution < 1.29 is 38.0 Å². The van der Waals surface area contributed by atoms with Crippen molar-refractivity contribution in [1.29, 1.82) is 0 Å². The van der Waals surface area contributed by atoms with Crippen LogP contribution in [0.1, 0.15) is 49.8 Å². The maximum absolute atomic E-state index is 13.2. The number of carbonyl (C=O) groups is 2. The highest BCUT2D eigenvalue weighted by atomic mass is 16.5. The molecule has 0 aromatic heterocycles. The Labute approximate surface area is 297 Å². The zero-order valence-electron chi connectivity index (χ0n) is 30.5. The predicted octanol–water partition coefficient (Wildman–Crippen LogP) is 3.25. The molecule has 12 nitrogen and oxygen atoms in total. The van der Waals surface area contributed by atoms with Gasteiger partial charge in [-0.05, 0) is 41.2 Å². The minimum Gasteiger partial charge on any atom is -0.490 e. The zero-order valence-corrected chi connectivity index (χ0v) is 30.5. The van der Waals surface area contributed by atoms with Gasteiger partial charge in [-0.15, -0.1) is 0 Å². The molecule has 0 saturated carbocycles. The molecule has 0 bridgehead atoms. The average molecular weight is 699 g/mol. The SMILES string of the molecule is COCCCN1CCOc2ccc(CO[C@H]3CNC[C@@H](COC(=O)[C@@H](NC(=O)CN)C(C)C)[C@@H]3c3ccc(COC[C@@H](C)COC)cc3)cc21. The molecular weight excluding hydrogens is 640 g/mol. The second-order valence-corrected chi connectivity index (χ2v) is 13.7. The van der Waals surface area contributed by atoms with Crippen LogP contribution < -0.4 is 26.0 Å². The lowest BCUT2D eigenvalue weighted by Gasteiger charge is -2.39. The first-order valence-electron chi connectivity index (χ1n) is 17.9. The van der Waals surface area contributed by atoms with Gasteiger partial charge in [0.05, 0.1) is 57.9 Å². The average Bonchev–Trinajstić information content (AvgIpc) is 3.12. The van der Waals surface area contributed by atoms with Crippen molar-refractivity contribution in [3.63, 3.8) is 0 Å². The van der Waals surface area contributed by atoms with Crippen LogP contribution in [0.5, 0.6) is 5.75 Å². The van der Waals surface area contributed by atoms with Crippen molar-refractivity contribution in [3.8, 4) is 5.75 Å². The van der Waals surface area contributed by atoms with E-state index in [1.165, 1.54) is 0 Å². The number of esters is 1. The number of carbonyl (C=O) groups excluding carboxylic acids is 2. The third-order valence-electron chi connectivity index (χ3n) is 9.23. The van der Waals surface area contributed by atoms with Gasteiger partial charge in [0.25, 0.3) is 0 Å². The molecule has 2 aromatic carbocycles. The number of nitrogens with one attached hydrogen (secondary N) is 2. The highest BCUT2D eigenvalue weighted by molar-refractivity contribution is 5.85. The predicted molar refractivity (Wildman–Crippen MR) is 192 cm³/mol. The van der Waals surface area contributed by atoms with Gasteiger partial charge in [-0.3, -0.25) is 4.79 Å². The Kier molecular flexibility index (Phi) is 16.2. The number of methoxy groups -OCH3 is 2. The van der Waals surface area contributed by atoms with Gasteiger partial charge in [-0.1, -0.05) is 51.1 Å². The summed E-state index contributed by atoms with van der Waals surface area (Å²) in [5, 5.41) is 6.21. The van der Waals surface area contributed by atoms with Crippen LogP contribution in [-0.4, -0.2) is 104 Å². The van der Waals surface area contributed by atoms with E-state index in [4.69, 9.17) is 34.2 Å². The third-order valence-corrected chi connectivity index (χ3v) is 9.23. The molecule has 2 aromatic rings. The van der Waals surface area contributed by atoms with E-state index in [-0.39, 0.29) is 37.0 Å². The summed E-state index contributed by atoms with van der Waals surface area (Å²) in [6.07, 6.45) is 0.750. The van der Waals surface area contributed by atoms with Crippen LogP contribution in [0.25, 0.3) is 0 Å². The standard InChI is InChI=1S/C38H58N4O8/c1-26(2)37(41-35(43)18-39)38(44)50-25-31-19-40-20-34(36(31)30-10-7-28(8-11-30)23-47-22-27(3)21-46-5)49-24-29-9-12-33-32(17-29)42(14-16-48-33)13-6-15-45-4/h7-12,17,26-27,31,34,36-37,40H,6,13-16,18-25,39H2,1-5H3,(H,41,43)/t27-,31-,34-,36-,37-/m0/s1. The summed E-state index contributed by atoms with van der Waals surface area (Å²) in [4.78, 5) is 27.6. The molecule has 278 valence electrons. The summed E-state index contributed by atoms with van der Waals surface area (Å²) in [6.45, 7) is 12.4. The van der Waals surface area contributed by atoms with Gasteiger partial charge in [-0.25, -0.2) is 4.79 Å². The molecule has 1 amide bonds. The van der Waals surface area contributed by atoms with Crippen molar-refractivity contribution in [2.24, 2.45) is 23.5 Å². The molecule has 0 radical (unpaired) electrons. The number of hydrogen-bond donors (Lipinski definition) is 3. The number of ether oxygens (including phenoxy) is 6. The second kappa shape index (κ2) is 20.6. The van der Waals surface area contributed by atoms with Gasteiger partial charge in [-0.2, -0.15) is 0 Å². The molecule has 1 saturated heterocycles. The smallest absolute Gasteiger partial charge is 0.328 e. The maximum atomic E-state index is 13.2. The van der Waals surface area contributed by atoms with Crippen molar-refractivity contribution in [2.75, 3.05) is 84.9 Å². The monoisotopic (exact) mass is 698 g/mol. The van der Waals surface area contributed by atoms with E-state index < -0.39 is 17.9 Å². The van der Waals surface area contributed by atoms with E-state index >= 15 is 0 Å². The van der Waals surface area contributed by atoms with Crippen LogP contribution in [0.4, 0.5) is 5.69 Å². The summed E-state index contributed by atoms with van der Waals surface area (Å²) < 4.78 is 35.0. The molecule has 2 aliphatic rings. The third kappa shape index (κ3) is 11.6. The highest BCUT2D eigenvalue weighted by Crippen LogP contribution is 2.36. The van der Waals surface area contributed by atoms with E-state index in [0.29, 0.717) is 58.6 Å². The molecule has 4 N–H and O–H groups in total. The van der Waals surface area contributed by atoms with E-state index in [1.807, 2.05) is 19.9 Å². The molecule has 0 spiro atoms. The minimum atomic E-state index is -0.777. The maximum Gasteiger partial charge on any atom is 0.328 e. The number of fused-ring (bicyclic) bond motifs is 1. The number of nitrogens with zero attached hydrogens (tertiary/aromatic N) is 1. The van der Waals surface area contributed by atoms with Gasteiger partial charge in [0.1, 0.15) is 18.4 Å². The van der Waals surface area contributed by atoms with E-state index in [2.05, 4.69) is 58.9 Å². The first kappa shape index (κ1) is 39.5. The Morgan fingerprint density at radius 2 is 1.80 bits per heavy atom. The lowest BCUT2D eigenvalue weighted by atomic mass is 9.79. The normalized spacial score (nSPS) is 20.1. The summed E-state index contributed by atoms with van der Waals surface area (Å²) in [5.74, 6) is 0.0658. The molecule has 2 heterocycles. The second-order valence-electron chi connectivity index (χ2n) is 13.7. The van der Waals surface area contributed by atoms with Crippen LogP contribution in [-0.2, 0) is 46.5 Å². The number of benzene rings is 2. The van der Waals surface area contributed by atoms with Crippen LogP contribution >= 0.6 is 0 Å². The number of hydrogen-bond acceptors (Lipinski definition) is 11. The van der Waals surface area contributed by atoms with Gasteiger partial charge in [0.2, 0.25) is 5.91 Å². The van der Waals surface area contributed by atoms with Gasteiger partial charge in [0.15, 0.2) is 0 Å². The topological polar surface area (TPSA) is 143 Å². The first-order chi connectivity index (χ1) is 24.2. The zero-order chi connectivity index (χ0) is 35.9. The van der Waals surface area contributed by atoms with Crippen molar-refractivity contribution in [3.05, 3.63) is 59.2 Å². The fourth-order valence-electron chi connectivity index (χ4n) is 6.58. The molecular formula is C38H58N4O8. The van der Waals surface area contributed by atoms with Crippen LogP contribution in [0, 0.1) is 17.8 Å². The number of amides is 1. The lowest BCUT2D eigenvalue weighted by Crippen LogP contribution is -2.50. The fourth-order valence-corrected chi connectivity index (χ4v) is 6.58. The molecule has 12 heteroatoms. The van der Waals surface area contributed by atoms with Crippen LogP contribution in [0.15, 0.2) is 42.5 Å². The lowest BCUT2D eigenvalue weighted by molar-refractivity contribution is -0.151. The quantitative estimate of drug-likeness (QED) is 0.139. The van der Waals surface area contributed by atoms with Crippen molar-refractivity contribution in [1.82, 2.24) is 10.6 Å². The minimum absolute atomic E-state index is 0.0524. The first-order valence-corrected chi connectivity index (χ1v) is 17.9. The Morgan fingerprint density at radius 3 is 2.52 bits per heavy atom.